The van der Waals surface area contributed by atoms with E-state index in [0.717, 1.165) is 35.9 Å². The molecule has 5 nitrogen and oxygen atoms in total. The van der Waals surface area contributed by atoms with Crippen LogP contribution in [0.1, 0.15) is 38.8 Å². The van der Waals surface area contributed by atoms with Gasteiger partial charge < -0.3 is 10.2 Å². The molecule has 0 bridgehead atoms. The van der Waals surface area contributed by atoms with Crippen LogP contribution >= 0.6 is 11.3 Å². The zero-order valence-corrected chi connectivity index (χ0v) is 16.1. The molecule has 138 valence electrons. The van der Waals surface area contributed by atoms with Crippen molar-refractivity contribution in [3.63, 3.8) is 0 Å². The van der Waals surface area contributed by atoms with Crippen molar-refractivity contribution < 1.29 is 4.79 Å². The van der Waals surface area contributed by atoms with Crippen molar-refractivity contribution >= 4 is 28.7 Å². The molecule has 1 aliphatic rings. The molecule has 2 aromatic heterocycles. The maximum Gasteiger partial charge on any atom is 0.268 e. The van der Waals surface area contributed by atoms with Gasteiger partial charge in [-0.1, -0.05) is 30.3 Å². The van der Waals surface area contributed by atoms with Crippen LogP contribution in [0.2, 0.25) is 0 Å². The fourth-order valence-corrected chi connectivity index (χ4v) is 4.30. The molecular formula is C21H22N4OS. The molecule has 0 spiro atoms. The Hall–Kier alpha value is -2.73. The van der Waals surface area contributed by atoms with Gasteiger partial charge in [0.25, 0.3) is 5.91 Å². The molecule has 6 heteroatoms. The Morgan fingerprint density at radius 2 is 1.93 bits per heavy atom. The SMILES string of the molecule is Cc1nc(Cc2ccccc2)sc1C(=O)Nc1ccc(N2CCCC2)cn1. The average Bonchev–Trinajstić information content (AvgIpc) is 3.33. The van der Waals surface area contributed by atoms with E-state index in [1.54, 1.807) is 0 Å². The van der Waals surface area contributed by atoms with Crippen molar-refractivity contribution in [2.45, 2.75) is 26.2 Å². The molecule has 0 radical (unpaired) electrons. The summed E-state index contributed by atoms with van der Waals surface area (Å²) < 4.78 is 0. The second-order valence-electron chi connectivity index (χ2n) is 6.73. The summed E-state index contributed by atoms with van der Waals surface area (Å²) in [7, 11) is 0. The Morgan fingerprint density at radius 3 is 2.63 bits per heavy atom. The van der Waals surface area contributed by atoms with E-state index in [0.29, 0.717) is 10.7 Å². The minimum atomic E-state index is -0.147. The van der Waals surface area contributed by atoms with Gasteiger partial charge in [0.1, 0.15) is 10.7 Å². The molecule has 1 fully saturated rings. The number of hydrogen-bond donors (Lipinski definition) is 1. The lowest BCUT2D eigenvalue weighted by Crippen LogP contribution is -2.18. The van der Waals surface area contributed by atoms with Crippen molar-refractivity contribution in [2.75, 3.05) is 23.3 Å². The number of rotatable bonds is 5. The van der Waals surface area contributed by atoms with Crippen molar-refractivity contribution in [3.05, 3.63) is 69.8 Å². The lowest BCUT2D eigenvalue weighted by Gasteiger charge is -2.17. The van der Waals surface area contributed by atoms with Crippen LogP contribution in [-0.2, 0) is 6.42 Å². The normalized spacial score (nSPS) is 13.7. The van der Waals surface area contributed by atoms with Gasteiger partial charge in [0, 0.05) is 19.5 Å². The Kier molecular flexibility index (Phi) is 5.16. The highest BCUT2D eigenvalue weighted by Gasteiger charge is 2.17. The van der Waals surface area contributed by atoms with Crippen molar-refractivity contribution in [1.82, 2.24) is 9.97 Å². The zero-order valence-electron chi connectivity index (χ0n) is 15.3. The fraction of sp³-hybridized carbons (Fsp3) is 0.286. The number of carbonyl (C=O) groups is 1. The number of thiazole rings is 1. The Balaban J connectivity index is 1.43. The first kappa shape index (κ1) is 17.7. The van der Waals surface area contributed by atoms with Gasteiger partial charge in [-0.2, -0.15) is 0 Å². The first-order chi connectivity index (χ1) is 13.2. The third-order valence-electron chi connectivity index (χ3n) is 4.71. The number of amides is 1. The van der Waals surface area contributed by atoms with E-state index in [1.807, 2.05) is 43.5 Å². The number of aromatic nitrogens is 2. The molecule has 1 N–H and O–H groups in total. The first-order valence-corrected chi connectivity index (χ1v) is 10.0. The topological polar surface area (TPSA) is 58.1 Å². The van der Waals surface area contributed by atoms with Crippen LogP contribution in [0.5, 0.6) is 0 Å². The third kappa shape index (κ3) is 4.17. The molecule has 1 amide bonds. The van der Waals surface area contributed by atoms with Crippen LogP contribution in [0.3, 0.4) is 0 Å². The maximum absolute atomic E-state index is 12.7. The van der Waals surface area contributed by atoms with Gasteiger partial charge in [-0.25, -0.2) is 9.97 Å². The number of pyridine rings is 1. The van der Waals surface area contributed by atoms with Gasteiger partial charge in [-0.05, 0) is 37.5 Å². The molecule has 3 aromatic rings. The van der Waals surface area contributed by atoms with E-state index in [-0.39, 0.29) is 5.91 Å². The lowest BCUT2D eigenvalue weighted by molar-refractivity contribution is 0.102. The summed E-state index contributed by atoms with van der Waals surface area (Å²) in [6.07, 6.45) is 5.03. The van der Waals surface area contributed by atoms with Crippen LogP contribution in [0.25, 0.3) is 0 Å². The standard InChI is InChI=1S/C21H22N4OS/c1-15-20(27-19(23-15)13-16-7-3-2-4-8-16)21(26)24-18-10-9-17(14-22-18)25-11-5-6-12-25/h2-4,7-10,14H,5-6,11-13H2,1H3,(H,22,24,26). The number of hydrogen-bond acceptors (Lipinski definition) is 5. The Bertz CT molecular complexity index is 915. The second-order valence-corrected chi connectivity index (χ2v) is 7.82. The lowest BCUT2D eigenvalue weighted by atomic mass is 10.2. The average molecular weight is 379 g/mol. The van der Waals surface area contributed by atoms with Gasteiger partial charge in [0.15, 0.2) is 0 Å². The smallest absolute Gasteiger partial charge is 0.268 e. The molecule has 0 aliphatic carbocycles. The highest BCUT2D eigenvalue weighted by molar-refractivity contribution is 7.14. The fourth-order valence-electron chi connectivity index (χ4n) is 3.30. The van der Waals surface area contributed by atoms with Crippen LogP contribution in [0, 0.1) is 6.92 Å². The van der Waals surface area contributed by atoms with E-state index in [4.69, 9.17) is 0 Å². The monoisotopic (exact) mass is 378 g/mol. The van der Waals surface area contributed by atoms with E-state index in [2.05, 4.69) is 32.3 Å². The molecule has 27 heavy (non-hydrogen) atoms. The summed E-state index contributed by atoms with van der Waals surface area (Å²) in [4.78, 5) is 24.6. The molecule has 0 saturated carbocycles. The van der Waals surface area contributed by atoms with Gasteiger partial charge in [0.2, 0.25) is 0 Å². The van der Waals surface area contributed by atoms with Crippen LogP contribution < -0.4 is 10.2 Å². The summed E-state index contributed by atoms with van der Waals surface area (Å²) in [6, 6.07) is 14.1. The number of carbonyl (C=O) groups excluding carboxylic acids is 1. The molecule has 0 unspecified atom stereocenters. The third-order valence-corrected chi connectivity index (χ3v) is 5.86. The van der Waals surface area contributed by atoms with Crippen LogP contribution in [0.4, 0.5) is 11.5 Å². The minimum Gasteiger partial charge on any atom is -0.370 e. The van der Waals surface area contributed by atoms with Crippen molar-refractivity contribution in [1.29, 1.82) is 0 Å². The van der Waals surface area contributed by atoms with Gasteiger partial charge in [-0.15, -0.1) is 11.3 Å². The largest absolute Gasteiger partial charge is 0.370 e. The molecule has 1 aliphatic heterocycles. The molecule has 1 aromatic carbocycles. The molecule has 0 atom stereocenters. The predicted molar refractivity (Wildman–Crippen MR) is 110 cm³/mol. The molecule has 4 rings (SSSR count). The second kappa shape index (κ2) is 7.88. The van der Waals surface area contributed by atoms with E-state index < -0.39 is 0 Å². The predicted octanol–water partition coefficient (Wildman–Crippen LogP) is 4.29. The van der Waals surface area contributed by atoms with Crippen LogP contribution in [0.15, 0.2) is 48.7 Å². The summed E-state index contributed by atoms with van der Waals surface area (Å²) >= 11 is 1.45. The Morgan fingerprint density at radius 1 is 1.15 bits per heavy atom. The Labute approximate surface area is 163 Å². The highest BCUT2D eigenvalue weighted by Crippen LogP contribution is 2.23. The van der Waals surface area contributed by atoms with E-state index >= 15 is 0 Å². The molecule has 1 saturated heterocycles. The maximum atomic E-state index is 12.7. The summed E-state index contributed by atoms with van der Waals surface area (Å²) in [6.45, 7) is 4.04. The quantitative estimate of drug-likeness (QED) is 0.719. The van der Waals surface area contributed by atoms with Crippen molar-refractivity contribution in [3.8, 4) is 0 Å². The first-order valence-electron chi connectivity index (χ1n) is 9.21. The number of aryl methyl sites for hydroxylation is 1. The zero-order chi connectivity index (χ0) is 18.6. The highest BCUT2D eigenvalue weighted by atomic mass is 32.1. The van der Waals surface area contributed by atoms with Gasteiger partial charge >= 0.3 is 0 Å². The number of anilines is 2. The minimum absolute atomic E-state index is 0.147. The molecular weight excluding hydrogens is 356 g/mol. The van der Waals surface area contributed by atoms with Crippen LogP contribution in [-0.4, -0.2) is 29.0 Å². The molecule has 3 heterocycles. The summed E-state index contributed by atoms with van der Waals surface area (Å²) in [5.41, 5.74) is 3.07. The van der Waals surface area contributed by atoms with Crippen molar-refractivity contribution in [2.24, 2.45) is 0 Å². The number of nitrogens with zero attached hydrogens (tertiary/aromatic N) is 3. The number of nitrogens with one attached hydrogen (secondary N) is 1. The van der Waals surface area contributed by atoms with Gasteiger partial charge in [-0.3, -0.25) is 4.79 Å². The van der Waals surface area contributed by atoms with E-state index in [1.165, 1.54) is 29.7 Å². The van der Waals surface area contributed by atoms with E-state index in [9.17, 15) is 4.79 Å². The van der Waals surface area contributed by atoms with Gasteiger partial charge in [0.05, 0.1) is 22.6 Å². The number of benzene rings is 1. The summed E-state index contributed by atoms with van der Waals surface area (Å²) in [5.74, 6) is 0.422. The summed E-state index contributed by atoms with van der Waals surface area (Å²) in [5, 5.41) is 3.84.